The largest absolute Gasteiger partial charge is 0.351 e. The van der Waals surface area contributed by atoms with Crippen molar-refractivity contribution in [1.29, 1.82) is 5.26 Å². The van der Waals surface area contributed by atoms with Crippen LogP contribution in [-0.4, -0.2) is 5.91 Å². The number of amides is 1. The maximum Gasteiger partial charge on any atom is 0.230 e. The van der Waals surface area contributed by atoms with Gasteiger partial charge in [-0.05, 0) is 54.6 Å². The molecule has 25 heavy (non-hydrogen) atoms. The molecule has 128 valence electrons. The average Bonchev–Trinajstić information content (AvgIpc) is 2.61. The summed E-state index contributed by atoms with van der Waals surface area (Å²) in [4.78, 5) is 13.6. The molecule has 3 nitrogen and oxygen atoms in total. The van der Waals surface area contributed by atoms with Crippen LogP contribution in [0.1, 0.15) is 25.0 Å². The van der Waals surface area contributed by atoms with Crippen LogP contribution in [0.3, 0.4) is 0 Å². The molecule has 2 aromatic rings. The van der Waals surface area contributed by atoms with Gasteiger partial charge in [0, 0.05) is 17.5 Å². The number of carbonyl (C=O) groups is 1. The molecule has 0 unspecified atom stereocenters. The van der Waals surface area contributed by atoms with E-state index in [0.717, 1.165) is 16.0 Å². The van der Waals surface area contributed by atoms with Gasteiger partial charge in [-0.2, -0.15) is 5.26 Å². The van der Waals surface area contributed by atoms with E-state index in [1.807, 2.05) is 44.2 Å². The highest BCUT2D eigenvalue weighted by Gasteiger charge is 2.29. The highest BCUT2D eigenvalue weighted by molar-refractivity contribution is 8.02. The smallest absolute Gasteiger partial charge is 0.230 e. The fourth-order valence-electron chi connectivity index (χ4n) is 2.23. The first-order valence-electron chi connectivity index (χ1n) is 7.78. The standard InChI is InChI=1S/C20H19FN2OS/c1-20(2,16-6-10-18(11-7-16)25-13-3-12-22)19(24)23-14-15-4-8-17(21)9-5-15/h3-11,13H,14H2,1-2H3,(H,23,24)/b13-3+. The molecule has 0 atom stereocenters. The van der Waals surface area contributed by atoms with E-state index in [1.165, 1.54) is 30.0 Å². The summed E-state index contributed by atoms with van der Waals surface area (Å²) in [5.41, 5.74) is 1.06. The number of allylic oxidation sites excluding steroid dienone is 1. The monoisotopic (exact) mass is 354 g/mol. The van der Waals surface area contributed by atoms with Crippen molar-refractivity contribution in [2.24, 2.45) is 0 Å². The summed E-state index contributed by atoms with van der Waals surface area (Å²) >= 11 is 1.45. The van der Waals surface area contributed by atoms with Gasteiger partial charge in [0.15, 0.2) is 0 Å². The Hall–Kier alpha value is -2.58. The predicted molar refractivity (Wildman–Crippen MR) is 98.3 cm³/mol. The van der Waals surface area contributed by atoms with Crippen molar-refractivity contribution < 1.29 is 9.18 Å². The number of rotatable bonds is 6. The van der Waals surface area contributed by atoms with E-state index in [4.69, 9.17) is 5.26 Å². The molecular formula is C20H19FN2OS. The van der Waals surface area contributed by atoms with Gasteiger partial charge >= 0.3 is 0 Å². The topological polar surface area (TPSA) is 52.9 Å². The number of carbonyl (C=O) groups excluding carboxylic acids is 1. The highest BCUT2D eigenvalue weighted by atomic mass is 32.2. The first kappa shape index (κ1) is 18.8. The van der Waals surface area contributed by atoms with Crippen LogP contribution in [0, 0.1) is 17.1 Å². The van der Waals surface area contributed by atoms with E-state index in [1.54, 1.807) is 17.5 Å². The van der Waals surface area contributed by atoms with Crippen molar-refractivity contribution in [3.8, 4) is 6.07 Å². The Morgan fingerprint density at radius 2 is 1.84 bits per heavy atom. The van der Waals surface area contributed by atoms with Crippen LogP contribution in [0.15, 0.2) is 64.9 Å². The molecule has 0 radical (unpaired) electrons. The van der Waals surface area contributed by atoms with Gasteiger partial charge in [-0.1, -0.05) is 36.0 Å². The number of halogens is 1. The molecule has 1 N–H and O–H groups in total. The molecule has 5 heteroatoms. The lowest BCUT2D eigenvalue weighted by Gasteiger charge is -2.24. The molecule has 0 saturated heterocycles. The lowest BCUT2D eigenvalue weighted by Crippen LogP contribution is -2.39. The number of hydrogen-bond donors (Lipinski definition) is 1. The van der Waals surface area contributed by atoms with E-state index >= 15 is 0 Å². The molecule has 0 aliphatic heterocycles. The van der Waals surface area contributed by atoms with Gasteiger partial charge in [0.1, 0.15) is 5.82 Å². The third-order valence-electron chi connectivity index (χ3n) is 3.86. The summed E-state index contributed by atoms with van der Waals surface area (Å²) in [6.07, 6.45) is 1.42. The number of nitriles is 1. The van der Waals surface area contributed by atoms with Crippen LogP contribution >= 0.6 is 11.8 Å². The Morgan fingerprint density at radius 3 is 2.44 bits per heavy atom. The van der Waals surface area contributed by atoms with E-state index in [2.05, 4.69) is 5.32 Å². The van der Waals surface area contributed by atoms with Crippen LogP contribution in [-0.2, 0) is 16.8 Å². The SMILES string of the molecule is CC(C)(C(=O)NCc1ccc(F)cc1)c1ccc(S/C=C/C#N)cc1. The first-order chi connectivity index (χ1) is 11.9. The summed E-state index contributed by atoms with van der Waals surface area (Å²) in [6, 6.07) is 15.7. The average molecular weight is 354 g/mol. The highest BCUT2D eigenvalue weighted by Crippen LogP contribution is 2.27. The third-order valence-corrected chi connectivity index (χ3v) is 4.67. The lowest BCUT2D eigenvalue weighted by atomic mass is 9.83. The second-order valence-electron chi connectivity index (χ2n) is 6.01. The fourth-order valence-corrected chi connectivity index (χ4v) is 2.81. The first-order valence-corrected chi connectivity index (χ1v) is 8.66. The quantitative estimate of drug-likeness (QED) is 0.612. The lowest BCUT2D eigenvalue weighted by molar-refractivity contribution is -0.125. The van der Waals surface area contributed by atoms with Crippen molar-refractivity contribution >= 4 is 17.7 Å². The summed E-state index contributed by atoms with van der Waals surface area (Å²) in [5, 5.41) is 13.1. The van der Waals surface area contributed by atoms with Crippen LogP contribution in [0.4, 0.5) is 4.39 Å². The normalized spacial score (nSPS) is 11.3. The van der Waals surface area contributed by atoms with Crippen molar-refractivity contribution in [2.75, 3.05) is 0 Å². The second-order valence-corrected chi connectivity index (χ2v) is 6.99. The molecule has 2 aromatic carbocycles. The van der Waals surface area contributed by atoms with E-state index in [9.17, 15) is 9.18 Å². The minimum atomic E-state index is -0.689. The van der Waals surface area contributed by atoms with E-state index in [0.29, 0.717) is 6.54 Å². The van der Waals surface area contributed by atoms with Gasteiger partial charge < -0.3 is 5.32 Å². The molecule has 0 heterocycles. The Bertz CT molecular complexity index is 790. The van der Waals surface area contributed by atoms with Crippen molar-refractivity contribution in [3.63, 3.8) is 0 Å². The van der Waals surface area contributed by atoms with Crippen molar-refractivity contribution in [1.82, 2.24) is 5.32 Å². The molecule has 0 aliphatic rings. The summed E-state index contributed by atoms with van der Waals surface area (Å²) in [5.74, 6) is -0.389. The van der Waals surface area contributed by atoms with Crippen molar-refractivity contribution in [3.05, 3.63) is 77.0 Å². The van der Waals surface area contributed by atoms with Crippen LogP contribution in [0.25, 0.3) is 0 Å². The fraction of sp³-hybridized carbons (Fsp3) is 0.200. The minimum absolute atomic E-state index is 0.0957. The zero-order valence-corrected chi connectivity index (χ0v) is 14.9. The zero-order chi connectivity index (χ0) is 18.3. The van der Waals surface area contributed by atoms with Gasteiger partial charge in [-0.25, -0.2) is 4.39 Å². The molecule has 0 fully saturated rings. The molecule has 2 rings (SSSR count). The molecule has 0 aliphatic carbocycles. The van der Waals surface area contributed by atoms with Gasteiger partial charge in [0.25, 0.3) is 0 Å². The Labute approximate surface area is 151 Å². The molecular weight excluding hydrogens is 335 g/mol. The zero-order valence-electron chi connectivity index (χ0n) is 14.1. The maximum atomic E-state index is 12.9. The molecule has 0 aromatic heterocycles. The molecule has 0 saturated carbocycles. The third kappa shape index (κ3) is 5.20. The summed E-state index contributed by atoms with van der Waals surface area (Å²) in [7, 11) is 0. The molecule has 0 spiro atoms. The maximum absolute atomic E-state index is 12.9. The number of nitrogens with one attached hydrogen (secondary N) is 1. The van der Waals surface area contributed by atoms with Crippen molar-refractivity contribution in [2.45, 2.75) is 30.7 Å². The minimum Gasteiger partial charge on any atom is -0.351 e. The molecule has 1 amide bonds. The Balaban J connectivity index is 2.01. The Morgan fingerprint density at radius 1 is 1.20 bits per heavy atom. The number of nitrogens with zero attached hydrogens (tertiary/aromatic N) is 1. The van der Waals surface area contributed by atoms with Crippen LogP contribution < -0.4 is 5.32 Å². The van der Waals surface area contributed by atoms with E-state index < -0.39 is 5.41 Å². The van der Waals surface area contributed by atoms with Crippen LogP contribution in [0.5, 0.6) is 0 Å². The predicted octanol–water partition coefficient (Wildman–Crippen LogP) is 4.55. The van der Waals surface area contributed by atoms with Gasteiger partial charge in [-0.3, -0.25) is 4.79 Å². The summed E-state index contributed by atoms with van der Waals surface area (Å²) in [6.45, 7) is 4.09. The Kier molecular flexibility index (Phi) is 6.37. The summed E-state index contributed by atoms with van der Waals surface area (Å²) < 4.78 is 12.9. The number of benzene rings is 2. The van der Waals surface area contributed by atoms with Crippen LogP contribution in [0.2, 0.25) is 0 Å². The van der Waals surface area contributed by atoms with E-state index in [-0.39, 0.29) is 11.7 Å². The van der Waals surface area contributed by atoms with Gasteiger partial charge in [0.05, 0.1) is 11.5 Å². The van der Waals surface area contributed by atoms with Gasteiger partial charge in [-0.15, -0.1) is 0 Å². The molecule has 0 bridgehead atoms. The second kappa shape index (κ2) is 8.50. The number of thioether (sulfide) groups is 1. The van der Waals surface area contributed by atoms with Gasteiger partial charge in [0.2, 0.25) is 5.91 Å². The number of hydrogen-bond acceptors (Lipinski definition) is 3.